The summed E-state index contributed by atoms with van der Waals surface area (Å²) >= 11 is 2.34. The second-order valence-corrected chi connectivity index (χ2v) is 7.53. The zero-order chi connectivity index (χ0) is 14.1. The molecule has 3 atom stereocenters. The maximum absolute atomic E-state index is 13.2. The topological polar surface area (TPSA) is 9.23 Å². The molecule has 0 aromatic carbocycles. The van der Waals surface area contributed by atoms with E-state index in [9.17, 15) is 8.78 Å². The van der Waals surface area contributed by atoms with E-state index in [1.54, 1.807) is 0 Å². The Kier molecular flexibility index (Phi) is 4.92. The summed E-state index contributed by atoms with van der Waals surface area (Å²) < 4.78 is 31.5. The van der Waals surface area contributed by atoms with Crippen LogP contribution in [0.15, 0.2) is 0 Å². The van der Waals surface area contributed by atoms with Crippen molar-refractivity contribution in [3.8, 4) is 0 Å². The number of hydrogen-bond acceptors (Lipinski definition) is 1. The fourth-order valence-corrected chi connectivity index (χ4v) is 4.60. The zero-order valence-corrected chi connectivity index (χ0v) is 13.5. The minimum absolute atomic E-state index is 0.202. The Balaban J connectivity index is 2.06. The van der Waals surface area contributed by atoms with Crippen LogP contribution in [0.4, 0.5) is 8.78 Å². The highest BCUT2D eigenvalue weighted by Gasteiger charge is 2.47. The summed E-state index contributed by atoms with van der Waals surface area (Å²) in [6, 6.07) is 0. The van der Waals surface area contributed by atoms with Gasteiger partial charge in [0.25, 0.3) is 0 Å². The van der Waals surface area contributed by atoms with Crippen molar-refractivity contribution in [2.24, 2.45) is 17.8 Å². The van der Waals surface area contributed by atoms with Crippen LogP contribution >= 0.6 is 15.9 Å². The predicted molar refractivity (Wildman–Crippen MR) is 76.4 cm³/mol. The molecular weight excluding hydrogens is 314 g/mol. The average Bonchev–Trinajstić information content (AvgIpc) is 2.32. The normalized spacial score (nSPS) is 38.4. The molecule has 2 fully saturated rings. The van der Waals surface area contributed by atoms with Crippen molar-refractivity contribution in [1.82, 2.24) is 0 Å². The Morgan fingerprint density at radius 2 is 1.74 bits per heavy atom. The maximum atomic E-state index is 13.2. The SMILES string of the molecule is CC1C(C2CCCCC2)CCCC1(C)OC(F)(F)Br. The van der Waals surface area contributed by atoms with Crippen LogP contribution in [-0.4, -0.2) is 10.6 Å². The molecule has 0 radical (unpaired) electrons. The quantitative estimate of drug-likeness (QED) is 0.597. The highest BCUT2D eigenvalue weighted by molar-refractivity contribution is 9.09. The Morgan fingerprint density at radius 1 is 1.11 bits per heavy atom. The molecule has 3 unspecified atom stereocenters. The van der Waals surface area contributed by atoms with Gasteiger partial charge in [-0.05, 0) is 37.5 Å². The monoisotopic (exact) mass is 338 g/mol. The van der Waals surface area contributed by atoms with E-state index in [1.165, 1.54) is 38.5 Å². The third-order valence-corrected chi connectivity index (χ3v) is 5.58. The smallest absolute Gasteiger partial charge is 0.305 e. The summed E-state index contributed by atoms with van der Waals surface area (Å²) in [4.78, 5) is 0. The molecule has 0 aromatic rings. The first-order valence-electron chi connectivity index (χ1n) is 7.59. The van der Waals surface area contributed by atoms with Gasteiger partial charge in [-0.25, -0.2) is 0 Å². The summed E-state index contributed by atoms with van der Waals surface area (Å²) in [5.74, 6) is 1.47. The van der Waals surface area contributed by atoms with Gasteiger partial charge >= 0.3 is 5.02 Å². The van der Waals surface area contributed by atoms with Crippen molar-refractivity contribution in [1.29, 1.82) is 0 Å². The van der Waals surface area contributed by atoms with E-state index < -0.39 is 10.6 Å². The van der Waals surface area contributed by atoms with Crippen molar-refractivity contribution in [3.63, 3.8) is 0 Å². The number of ether oxygens (including phenoxy) is 1. The van der Waals surface area contributed by atoms with E-state index in [2.05, 4.69) is 22.9 Å². The van der Waals surface area contributed by atoms with Gasteiger partial charge < -0.3 is 4.74 Å². The van der Waals surface area contributed by atoms with E-state index in [0.29, 0.717) is 5.92 Å². The van der Waals surface area contributed by atoms with Crippen LogP contribution in [0, 0.1) is 17.8 Å². The molecule has 2 saturated carbocycles. The maximum Gasteiger partial charge on any atom is 0.415 e. The van der Waals surface area contributed by atoms with Crippen molar-refractivity contribution < 1.29 is 13.5 Å². The third kappa shape index (κ3) is 3.90. The molecule has 0 spiro atoms. The number of halogens is 3. The largest absolute Gasteiger partial charge is 0.415 e. The fraction of sp³-hybridized carbons (Fsp3) is 1.00. The summed E-state index contributed by atoms with van der Waals surface area (Å²) in [5, 5.41) is -3.20. The molecule has 0 aliphatic heterocycles. The van der Waals surface area contributed by atoms with Crippen LogP contribution < -0.4 is 0 Å². The van der Waals surface area contributed by atoms with Gasteiger partial charge in [0.15, 0.2) is 0 Å². The van der Waals surface area contributed by atoms with E-state index >= 15 is 0 Å². The predicted octanol–water partition coefficient (Wildman–Crippen LogP) is 5.72. The van der Waals surface area contributed by atoms with E-state index in [1.807, 2.05) is 6.92 Å². The molecule has 0 aromatic heterocycles. The molecular formula is C15H25BrF2O. The molecule has 0 heterocycles. The van der Waals surface area contributed by atoms with Crippen molar-refractivity contribution in [3.05, 3.63) is 0 Å². The second-order valence-electron chi connectivity index (χ2n) is 6.60. The molecule has 0 bridgehead atoms. The van der Waals surface area contributed by atoms with Crippen LogP contribution in [0.1, 0.15) is 65.2 Å². The molecule has 2 rings (SSSR count). The minimum atomic E-state index is -3.20. The highest BCUT2D eigenvalue weighted by Crippen LogP contribution is 2.49. The molecule has 19 heavy (non-hydrogen) atoms. The lowest BCUT2D eigenvalue weighted by atomic mass is 9.63. The number of hydrogen-bond donors (Lipinski definition) is 0. The van der Waals surface area contributed by atoms with Gasteiger partial charge in [0.05, 0.1) is 5.60 Å². The van der Waals surface area contributed by atoms with Gasteiger partial charge in [-0.2, -0.15) is 8.78 Å². The highest BCUT2D eigenvalue weighted by atomic mass is 79.9. The van der Waals surface area contributed by atoms with Gasteiger partial charge in [-0.15, -0.1) is 0 Å². The van der Waals surface area contributed by atoms with Crippen molar-refractivity contribution >= 4 is 15.9 Å². The van der Waals surface area contributed by atoms with Crippen LogP contribution in [0.3, 0.4) is 0 Å². The third-order valence-electron chi connectivity index (χ3n) is 5.42. The van der Waals surface area contributed by atoms with E-state index in [0.717, 1.165) is 18.8 Å². The molecule has 0 amide bonds. The molecule has 112 valence electrons. The lowest BCUT2D eigenvalue weighted by Gasteiger charge is -2.48. The lowest BCUT2D eigenvalue weighted by molar-refractivity contribution is -0.255. The summed E-state index contributed by atoms with van der Waals surface area (Å²) in [5.41, 5.74) is -0.701. The van der Waals surface area contributed by atoms with Crippen LogP contribution in [0.2, 0.25) is 0 Å². The Labute approximate surface area is 123 Å². The Bertz CT molecular complexity index is 299. The average molecular weight is 339 g/mol. The van der Waals surface area contributed by atoms with E-state index in [-0.39, 0.29) is 5.92 Å². The Morgan fingerprint density at radius 3 is 2.32 bits per heavy atom. The summed E-state index contributed by atoms with van der Waals surface area (Å²) in [6.07, 6.45) is 9.42. The van der Waals surface area contributed by atoms with Gasteiger partial charge in [-0.3, -0.25) is 0 Å². The summed E-state index contributed by atoms with van der Waals surface area (Å²) in [7, 11) is 0. The first kappa shape index (κ1) is 15.7. The van der Waals surface area contributed by atoms with Gasteiger partial charge in [0, 0.05) is 15.9 Å². The number of rotatable bonds is 3. The minimum Gasteiger partial charge on any atom is -0.305 e. The van der Waals surface area contributed by atoms with Crippen LogP contribution in [-0.2, 0) is 4.74 Å². The second kappa shape index (κ2) is 5.97. The van der Waals surface area contributed by atoms with Crippen LogP contribution in [0.5, 0.6) is 0 Å². The molecule has 4 heteroatoms. The lowest BCUT2D eigenvalue weighted by Crippen LogP contribution is -2.48. The van der Waals surface area contributed by atoms with Crippen molar-refractivity contribution in [2.75, 3.05) is 0 Å². The zero-order valence-electron chi connectivity index (χ0n) is 11.9. The molecule has 0 N–H and O–H groups in total. The Hall–Kier alpha value is 0.300. The van der Waals surface area contributed by atoms with Gasteiger partial charge in [0.1, 0.15) is 0 Å². The standard InChI is InChI=1S/C15H25BrF2O/c1-11-13(12-7-4-3-5-8-12)9-6-10-14(11,2)19-15(16,17)18/h11-13H,3-10H2,1-2H3. The molecule has 0 saturated heterocycles. The van der Waals surface area contributed by atoms with Crippen LogP contribution in [0.25, 0.3) is 0 Å². The first-order valence-corrected chi connectivity index (χ1v) is 8.38. The van der Waals surface area contributed by atoms with Gasteiger partial charge in [-0.1, -0.05) is 45.4 Å². The summed E-state index contributed by atoms with van der Waals surface area (Å²) in [6.45, 7) is 3.97. The van der Waals surface area contributed by atoms with Gasteiger partial charge in [0.2, 0.25) is 0 Å². The first-order chi connectivity index (χ1) is 8.82. The molecule has 1 nitrogen and oxygen atoms in total. The van der Waals surface area contributed by atoms with Crippen molar-refractivity contribution in [2.45, 2.75) is 75.8 Å². The molecule has 2 aliphatic rings. The molecule has 2 aliphatic carbocycles. The fourth-order valence-electron chi connectivity index (χ4n) is 4.23. The van der Waals surface area contributed by atoms with E-state index in [4.69, 9.17) is 4.74 Å². The number of alkyl halides is 3.